The molecule has 4 rings (SSSR count). The van der Waals surface area contributed by atoms with Crippen molar-refractivity contribution in [3.8, 4) is 0 Å². The third-order valence-corrected chi connectivity index (χ3v) is 6.11. The zero-order valence-corrected chi connectivity index (χ0v) is 16.7. The summed E-state index contributed by atoms with van der Waals surface area (Å²) >= 11 is 0. The van der Waals surface area contributed by atoms with Crippen LogP contribution in [-0.4, -0.2) is 51.3 Å². The third kappa shape index (κ3) is 4.06. The number of hydrogen-bond donors (Lipinski definition) is 1. The maximum Gasteiger partial charge on any atom is 0.252 e. The Morgan fingerprint density at radius 1 is 1.17 bits per heavy atom. The maximum atomic E-state index is 12.5. The highest BCUT2D eigenvalue weighted by Crippen LogP contribution is 2.41. The quantitative estimate of drug-likeness (QED) is 0.846. The van der Waals surface area contributed by atoms with Crippen LogP contribution in [0.4, 0.5) is 5.82 Å². The Morgan fingerprint density at radius 3 is 2.66 bits per heavy atom. The lowest BCUT2D eigenvalue weighted by Crippen LogP contribution is -2.51. The molecular weight excluding hydrogens is 368 g/mol. The van der Waals surface area contributed by atoms with Crippen molar-refractivity contribution in [2.45, 2.75) is 39.2 Å². The van der Waals surface area contributed by atoms with E-state index in [0.717, 1.165) is 50.3 Å². The van der Waals surface area contributed by atoms with Crippen LogP contribution in [-0.2, 0) is 11.3 Å². The lowest BCUT2D eigenvalue weighted by atomic mass is 9.72. The number of carbonyl (C=O) groups is 2. The molecule has 2 amide bonds. The number of rotatable bonds is 4. The minimum Gasteiger partial charge on any atom is -0.365 e. The number of aromatic nitrogens is 3. The number of primary amides is 1. The van der Waals surface area contributed by atoms with Gasteiger partial charge < -0.3 is 15.5 Å². The monoisotopic (exact) mass is 394 g/mol. The van der Waals surface area contributed by atoms with Crippen molar-refractivity contribution in [3.63, 3.8) is 0 Å². The lowest BCUT2D eigenvalue weighted by Gasteiger charge is -2.47. The van der Waals surface area contributed by atoms with Gasteiger partial charge in [-0.15, -0.1) is 0 Å². The number of anilines is 1. The van der Waals surface area contributed by atoms with Crippen LogP contribution in [0.1, 0.15) is 47.4 Å². The van der Waals surface area contributed by atoms with Gasteiger partial charge in [0, 0.05) is 38.4 Å². The van der Waals surface area contributed by atoms with E-state index in [4.69, 9.17) is 5.73 Å². The van der Waals surface area contributed by atoms with Crippen molar-refractivity contribution in [1.29, 1.82) is 0 Å². The molecular formula is C21H26N6O2. The number of piperidine rings is 2. The van der Waals surface area contributed by atoms with Crippen LogP contribution in [0.15, 0.2) is 30.7 Å². The summed E-state index contributed by atoms with van der Waals surface area (Å²) in [5.41, 5.74) is 7.76. The van der Waals surface area contributed by atoms with Gasteiger partial charge >= 0.3 is 0 Å². The number of likely N-dealkylation sites (tertiary alicyclic amines) is 1. The van der Waals surface area contributed by atoms with Crippen molar-refractivity contribution in [3.05, 3.63) is 47.7 Å². The summed E-state index contributed by atoms with van der Waals surface area (Å²) in [5, 5.41) is 0. The van der Waals surface area contributed by atoms with Crippen LogP contribution in [0.2, 0.25) is 0 Å². The maximum absolute atomic E-state index is 12.5. The van der Waals surface area contributed by atoms with Gasteiger partial charge in [-0.25, -0.2) is 4.98 Å². The predicted octanol–water partition coefficient (Wildman–Crippen LogP) is 1.69. The van der Waals surface area contributed by atoms with E-state index in [9.17, 15) is 9.59 Å². The van der Waals surface area contributed by atoms with Crippen molar-refractivity contribution >= 4 is 17.6 Å². The molecule has 2 aliphatic rings. The summed E-state index contributed by atoms with van der Waals surface area (Å²) in [6, 6.07) is 3.45. The highest BCUT2D eigenvalue weighted by molar-refractivity contribution is 5.97. The molecule has 2 aromatic heterocycles. The number of amides is 2. The Morgan fingerprint density at radius 2 is 1.97 bits per heavy atom. The Bertz CT molecular complexity index is 906. The first-order valence-corrected chi connectivity index (χ1v) is 10.0. The fourth-order valence-electron chi connectivity index (χ4n) is 4.39. The molecule has 0 aliphatic carbocycles. The molecule has 8 nitrogen and oxygen atoms in total. The molecule has 29 heavy (non-hydrogen) atoms. The molecule has 4 heterocycles. The normalized spacial score (nSPS) is 18.9. The van der Waals surface area contributed by atoms with Crippen LogP contribution in [0.5, 0.6) is 0 Å². The minimum atomic E-state index is -0.456. The molecule has 1 spiro atoms. The van der Waals surface area contributed by atoms with Crippen molar-refractivity contribution in [1.82, 2.24) is 19.9 Å². The topological polar surface area (TPSA) is 105 Å². The molecule has 2 N–H and O–H groups in total. The molecule has 2 saturated heterocycles. The Labute approximate surface area is 170 Å². The van der Waals surface area contributed by atoms with Gasteiger partial charge in [0.05, 0.1) is 29.7 Å². The minimum absolute atomic E-state index is 0.101. The smallest absolute Gasteiger partial charge is 0.252 e. The zero-order chi connectivity index (χ0) is 20.4. The SMILES string of the molecule is Cc1cnc(CN2CC3(CCC2=O)CCN(c2ncccc2C(N)=O)CC3)cn1. The standard InChI is InChI=1S/C21H26N6O2/c1-15-11-25-16(12-24-15)13-27-14-21(5-4-18(27)28)6-9-26(10-7-21)20-17(19(22)29)3-2-8-23-20/h2-3,8,11-12H,4-7,9-10,13-14H2,1H3,(H2,22,29). The zero-order valence-electron chi connectivity index (χ0n) is 16.7. The van der Waals surface area contributed by atoms with Gasteiger partial charge in [0.25, 0.3) is 5.91 Å². The molecule has 0 bridgehead atoms. The van der Waals surface area contributed by atoms with Gasteiger partial charge in [0.1, 0.15) is 5.82 Å². The average Bonchev–Trinajstić information content (AvgIpc) is 2.73. The van der Waals surface area contributed by atoms with E-state index >= 15 is 0 Å². The molecule has 2 aromatic rings. The molecule has 0 aromatic carbocycles. The first-order chi connectivity index (χ1) is 14.0. The predicted molar refractivity (Wildman–Crippen MR) is 108 cm³/mol. The fourth-order valence-corrected chi connectivity index (χ4v) is 4.39. The van der Waals surface area contributed by atoms with E-state index in [1.807, 2.05) is 11.8 Å². The Hall–Kier alpha value is -3.03. The summed E-state index contributed by atoms with van der Waals surface area (Å²) in [4.78, 5) is 41.4. The molecule has 0 saturated carbocycles. The molecule has 2 fully saturated rings. The van der Waals surface area contributed by atoms with E-state index < -0.39 is 5.91 Å². The van der Waals surface area contributed by atoms with Crippen molar-refractivity contribution < 1.29 is 9.59 Å². The first-order valence-electron chi connectivity index (χ1n) is 10.0. The summed E-state index contributed by atoms with van der Waals surface area (Å²) in [7, 11) is 0. The number of nitrogens with two attached hydrogens (primary N) is 1. The number of pyridine rings is 1. The molecule has 2 aliphatic heterocycles. The highest BCUT2D eigenvalue weighted by atomic mass is 16.2. The number of carbonyl (C=O) groups excluding carboxylic acids is 2. The van der Waals surface area contributed by atoms with E-state index in [1.165, 1.54) is 0 Å². The number of aryl methyl sites for hydroxylation is 1. The van der Waals surface area contributed by atoms with Crippen LogP contribution < -0.4 is 10.6 Å². The van der Waals surface area contributed by atoms with E-state index in [1.54, 1.807) is 30.7 Å². The number of hydrogen-bond acceptors (Lipinski definition) is 6. The van der Waals surface area contributed by atoms with E-state index in [-0.39, 0.29) is 11.3 Å². The summed E-state index contributed by atoms with van der Waals surface area (Å²) in [5.74, 6) is 0.386. The molecule has 8 heteroatoms. The Balaban J connectivity index is 1.44. The van der Waals surface area contributed by atoms with Gasteiger partial charge in [-0.2, -0.15) is 0 Å². The van der Waals surface area contributed by atoms with Gasteiger partial charge in [0.15, 0.2) is 0 Å². The number of nitrogens with zero attached hydrogens (tertiary/aromatic N) is 5. The largest absolute Gasteiger partial charge is 0.365 e. The van der Waals surface area contributed by atoms with Crippen LogP contribution in [0.3, 0.4) is 0 Å². The van der Waals surface area contributed by atoms with Crippen molar-refractivity contribution in [2.75, 3.05) is 24.5 Å². The third-order valence-electron chi connectivity index (χ3n) is 6.11. The van der Waals surface area contributed by atoms with E-state index in [0.29, 0.717) is 24.3 Å². The summed E-state index contributed by atoms with van der Waals surface area (Å²) in [6.45, 7) is 4.73. The van der Waals surface area contributed by atoms with Gasteiger partial charge in [-0.1, -0.05) is 0 Å². The summed E-state index contributed by atoms with van der Waals surface area (Å²) in [6.07, 6.45) is 8.54. The average molecular weight is 394 g/mol. The van der Waals surface area contributed by atoms with Gasteiger partial charge in [0.2, 0.25) is 5.91 Å². The van der Waals surface area contributed by atoms with Gasteiger partial charge in [-0.05, 0) is 43.7 Å². The van der Waals surface area contributed by atoms with Crippen molar-refractivity contribution in [2.24, 2.45) is 11.1 Å². The van der Waals surface area contributed by atoms with Crippen LogP contribution in [0, 0.1) is 12.3 Å². The lowest BCUT2D eigenvalue weighted by molar-refractivity contribution is -0.139. The van der Waals surface area contributed by atoms with Crippen LogP contribution in [0.25, 0.3) is 0 Å². The first kappa shape index (κ1) is 19.3. The molecule has 0 atom stereocenters. The molecule has 152 valence electrons. The van der Waals surface area contributed by atoms with Gasteiger partial charge in [-0.3, -0.25) is 19.6 Å². The van der Waals surface area contributed by atoms with E-state index in [2.05, 4.69) is 19.9 Å². The van der Waals surface area contributed by atoms with Crippen LogP contribution >= 0.6 is 0 Å². The second-order valence-corrected chi connectivity index (χ2v) is 8.12. The Kier molecular flexibility index (Phi) is 5.17. The summed E-state index contributed by atoms with van der Waals surface area (Å²) < 4.78 is 0. The second-order valence-electron chi connectivity index (χ2n) is 8.12. The molecule has 0 unspecified atom stereocenters. The fraction of sp³-hybridized carbons (Fsp3) is 0.476. The highest BCUT2D eigenvalue weighted by Gasteiger charge is 2.41. The molecule has 0 radical (unpaired) electrons. The second kappa shape index (κ2) is 7.77.